The molecule has 0 saturated carbocycles. The van der Waals surface area contributed by atoms with E-state index in [-0.39, 0.29) is 72.4 Å². The summed E-state index contributed by atoms with van der Waals surface area (Å²) < 4.78 is 0. The Morgan fingerprint density at radius 1 is 0.338 bits per heavy atom. The van der Waals surface area contributed by atoms with Crippen molar-refractivity contribution in [1.29, 1.82) is 0 Å². The summed E-state index contributed by atoms with van der Waals surface area (Å²) in [7, 11) is 0. The number of hydrogen-bond acceptors (Lipinski definition) is 13. The van der Waals surface area contributed by atoms with Crippen LogP contribution in [0.1, 0.15) is 90.4 Å². The van der Waals surface area contributed by atoms with Crippen molar-refractivity contribution in [3.05, 3.63) is 162 Å². The molecule has 1 aliphatic heterocycles. The van der Waals surface area contributed by atoms with Gasteiger partial charge in [0.15, 0.2) is 0 Å². The van der Waals surface area contributed by atoms with Gasteiger partial charge in [0.1, 0.15) is 16.7 Å². The van der Waals surface area contributed by atoms with Crippen LogP contribution in [-0.4, -0.2) is 49.5 Å². The van der Waals surface area contributed by atoms with Gasteiger partial charge in [-0.25, -0.2) is 4.98 Å². The molecule has 7 aromatic rings. The van der Waals surface area contributed by atoms with E-state index in [9.17, 15) is 60.7 Å². The smallest absolute Gasteiger partial charge is 0.284 e. The highest BCUT2D eigenvalue weighted by Gasteiger charge is 2.37. The Morgan fingerprint density at radius 3 is 0.789 bits per heavy atom. The van der Waals surface area contributed by atoms with Crippen molar-refractivity contribution in [3.8, 4) is 33.4 Å². The lowest BCUT2D eigenvalue weighted by Crippen LogP contribution is -2.13. The predicted octanol–water partition coefficient (Wildman–Crippen LogP) is 13.0. The number of fused-ring (bicyclic) bond motifs is 9. The van der Waals surface area contributed by atoms with E-state index in [1.165, 1.54) is 72.8 Å². The molecule has 0 radical (unpaired) electrons. The average Bonchev–Trinajstić information content (AvgIpc) is 4.12. The second-order valence-electron chi connectivity index (χ2n) is 20.2. The number of nitrogens with zero attached hydrogens (tertiary/aromatic N) is 7. The van der Waals surface area contributed by atoms with Gasteiger partial charge in [0.25, 0.3) is 34.1 Å². The molecule has 0 saturated heterocycles. The zero-order chi connectivity index (χ0) is 52.0. The van der Waals surface area contributed by atoms with Crippen LogP contribution >= 0.6 is 0 Å². The van der Waals surface area contributed by atoms with Gasteiger partial charge in [-0.15, -0.1) is 0 Å². The van der Waals surface area contributed by atoms with Crippen molar-refractivity contribution < 1.29 is 29.5 Å². The third-order valence-corrected chi connectivity index (χ3v) is 12.4. The van der Waals surface area contributed by atoms with Crippen LogP contribution < -0.4 is 0 Å². The molecule has 22 nitrogen and oxygen atoms in total. The molecule has 3 N–H and O–H groups in total. The van der Waals surface area contributed by atoms with E-state index >= 15 is 0 Å². The average molecular weight is 965 g/mol. The van der Waals surface area contributed by atoms with Crippen LogP contribution in [0.5, 0.6) is 0 Å². The van der Waals surface area contributed by atoms with Gasteiger partial charge in [0, 0.05) is 75.2 Å². The van der Waals surface area contributed by atoms with E-state index in [2.05, 4.69) is 15.0 Å². The van der Waals surface area contributed by atoms with Crippen LogP contribution in [-0.2, 0) is 16.2 Å². The van der Waals surface area contributed by atoms with Gasteiger partial charge in [-0.3, -0.25) is 60.7 Å². The molecule has 3 aromatic carbocycles. The SMILES string of the molecule is CC(C)(C)c1cc([N+](=O)[O-])c(-c2c3nc(c(-c4c([N+](=O)[O-])cc(C(C)(C)C)cc4[N+](=O)[O-])c4ccc([nH]4)c4ccc([nH]4)c(-c4c([N+](=O)[O-])cc(C(C)(C)C)cc4[N+](=O)[O-])c4ccc2[nH]4)C=C3)c([N+](=O)[O-])c1. The molecule has 8 bridgehead atoms. The minimum Gasteiger partial charge on any atom is -0.354 e. The second-order valence-corrected chi connectivity index (χ2v) is 20.2. The molecule has 8 rings (SSSR count). The highest BCUT2D eigenvalue weighted by atomic mass is 16.6. The van der Waals surface area contributed by atoms with Gasteiger partial charge in [-0.1, -0.05) is 62.3 Å². The second kappa shape index (κ2) is 16.8. The standard InChI is InChI=1S/C49H44N10O12/c1-47(2,3)24-18-35(54(60)61)44(36(19-24)55(62)63)41-29-12-10-27(50-29)28-11-13-30(51-28)42(45-37(56(64)65)20-25(48(4,5)6)21-38(45)57(66)67)32-15-17-34(53-32)43(33-16-14-31(41)52-33)46-39(58(68)69)22-26(49(7,8)9)23-40(46)59(70)71/h10-23,50-52H,1-9H3. The molecule has 4 aromatic heterocycles. The van der Waals surface area contributed by atoms with Crippen molar-refractivity contribution in [2.24, 2.45) is 0 Å². The third kappa shape index (κ3) is 8.55. The summed E-state index contributed by atoms with van der Waals surface area (Å²) in [5.74, 6) is 0. The van der Waals surface area contributed by atoms with E-state index < -0.39 is 96.6 Å². The van der Waals surface area contributed by atoms with Gasteiger partial charge in [-0.05, 0) is 81.5 Å². The summed E-state index contributed by atoms with van der Waals surface area (Å²) in [4.78, 5) is 88.6. The van der Waals surface area contributed by atoms with Gasteiger partial charge >= 0.3 is 0 Å². The normalized spacial score (nSPS) is 12.4. The summed E-state index contributed by atoms with van der Waals surface area (Å²) in [5, 5.41) is 78.8. The lowest BCUT2D eigenvalue weighted by atomic mass is 9.84. The van der Waals surface area contributed by atoms with Crippen LogP contribution in [0.4, 0.5) is 34.1 Å². The van der Waals surface area contributed by atoms with Crippen LogP contribution in [0.15, 0.2) is 72.8 Å². The summed E-state index contributed by atoms with van der Waals surface area (Å²) >= 11 is 0. The molecule has 0 atom stereocenters. The highest BCUT2D eigenvalue weighted by molar-refractivity contribution is 6.05. The van der Waals surface area contributed by atoms with Gasteiger partial charge in [-0.2, -0.15) is 0 Å². The van der Waals surface area contributed by atoms with Crippen molar-refractivity contribution in [3.63, 3.8) is 0 Å². The van der Waals surface area contributed by atoms with Crippen LogP contribution in [0.2, 0.25) is 0 Å². The Labute approximate surface area is 401 Å². The van der Waals surface area contributed by atoms with Gasteiger partial charge in [0.05, 0.1) is 52.0 Å². The number of rotatable bonds is 9. The maximum atomic E-state index is 13.2. The molecule has 5 heterocycles. The Balaban J connectivity index is 1.68. The minimum absolute atomic E-state index is 0.0107. The summed E-state index contributed by atoms with van der Waals surface area (Å²) in [6.07, 6.45) is 2.70. The topological polar surface area (TPSA) is 319 Å². The number of aromatic amines is 3. The number of aromatic nitrogens is 4. The molecule has 0 spiro atoms. The lowest BCUT2D eigenvalue weighted by molar-refractivity contribution is -0.393. The van der Waals surface area contributed by atoms with Gasteiger partial charge < -0.3 is 15.0 Å². The molecule has 0 aliphatic carbocycles. The Bertz CT molecular complexity index is 3590. The quantitative estimate of drug-likeness (QED) is 0.0896. The molecular formula is C49H44N10O12. The van der Waals surface area contributed by atoms with Crippen molar-refractivity contribution in [1.82, 2.24) is 19.9 Å². The monoisotopic (exact) mass is 964 g/mol. The largest absolute Gasteiger partial charge is 0.354 e. The molecule has 1 aliphatic rings. The van der Waals surface area contributed by atoms with E-state index in [1.54, 1.807) is 74.4 Å². The fraction of sp³-hybridized carbons (Fsp3) is 0.245. The van der Waals surface area contributed by atoms with E-state index in [0.717, 1.165) is 0 Å². The molecule has 0 amide bonds. The first-order chi connectivity index (χ1) is 33.1. The molecule has 71 heavy (non-hydrogen) atoms. The minimum atomic E-state index is -0.846. The molecular weight excluding hydrogens is 921 g/mol. The first-order valence-electron chi connectivity index (χ1n) is 21.8. The summed E-state index contributed by atoms with van der Waals surface area (Å²) in [5.41, 5.74) is -7.30. The van der Waals surface area contributed by atoms with E-state index in [4.69, 9.17) is 4.98 Å². The lowest BCUT2D eigenvalue weighted by Gasteiger charge is -2.19. The number of H-pyrrole nitrogens is 3. The van der Waals surface area contributed by atoms with E-state index in [1.807, 2.05) is 0 Å². The van der Waals surface area contributed by atoms with Crippen molar-refractivity contribution in [2.45, 2.75) is 78.6 Å². The Morgan fingerprint density at radius 2 is 0.549 bits per heavy atom. The van der Waals surface area contributed by atoms with Crippen molar-refractivity contribution >= 4 is 79.4 Å². The van der Waals surface area contributed by atoms with Crippen LogP contribution in [0.25, 0.3) is 78.6 Å². The third-order valence-electron chi connectivity index (χ3n) is 12.4. The number of hydrogen-bond donors (Lipinski definition) is 3. The Kier molecular flexibility index (Phi) is 11.4. The summed E-state index contributed by atoms with van der Waals surface area (Å²) in [6, 6.07) is 16.2. The molecule has 0 unspecified atom stereocenters. The zero-order valence-corrected chi connectivity index (χ0v) is 39.6. The molecule has 0 fully saturated rings. The molecule has 22 heteroatoms. The highest BCUT2D eigenvalue weighted by Crippen LogP contribution is 2.50. The maximum absolute atomic E-state index is 13.2. The fourth-order valence-electron chi connectivity index (χ4n) is 8.71. The van der Waals surface area contributed by atoms with E-state index in [0.29, 0.717) is 5.52 Å². The van der Waals surface area contributed by atoms with Gasteiger partial charge in [0.2, 0.25) is 0 Å². The zero-order valence-electron chi connectivity index (χ0n) is 39.6. The maximum Gasteiger partial charge on any atom is 0.284 e. The summed E-state index contributed by atoms with van der Waals surface area (Å²) in [6.45, 7) is 15.5. The number of nitro groups is 6. The predicted molar refractivity (Wildman–Crippen MR) is 268 cm³/mol. The van der Waals surface area contributed by atoms with Crippen LogP contribution in [0, 0.1) is 60.7 Å². The number of benzene rings is 3. The number of nitrogens with one attached hydrogen (secondary N) is 3. The fourth-order valence-corrected chi connectivity index (χ4v) is 8.71. The first kappa shape index (κ1) is 48.3. The van der Waals surface area contributed by atoms with Crippen molar-refractivity contribution in [2.75, 3.05) is 0 Å². The Hall–Kier alpha value is -9.21. The first-order valence-corrected chi connectivity index (χ1v) is 21.8. The number of nitro benzene ring substituents is 6. The molecule has 362 valence electrons. The van der Waals surface area contributed by atoms with Crippen LogP contribution in [0.3, 0.4) is 0 Å².